The lowest BCUT2D eigenvalue weighted by Crippen LogP contribution is -2.29. The Bertz CT molecular complexity index is 478. The van der Waals surface area contributed by atoms with Gasteiger partial charge in [-0.05, 0) is 32.0 Å². The highest BCUT2D eigenvalue weighted by Crippen LogP contribution is 2.16. The molecule has 1 aromatic rings. The first-order chi connectivity index (χ1) is 9.45. The molecule has 0 saturated heterocycles. The van der Waals surface area contributed by atoms with E-state index in [1.54, 1.807) is 18.0 Å². The van der Waals surface area contributed by atoms with Gasteiger partial charge in [0.1, 0.15) is 5.02 Å². The van der Waals surface area contributed by atoms with Gasteiger partial charge in [0, 0.05) is 13.1 Å². The van der Waals surface area contributed by atoms with E-state index < -0.39 is 0 Å². The number of nitrogens with one attached hydrogen (secondary N) is 1. The molecule has 0 aliphatic rings. The van der Waals surface area contributed by atoms with E-state index in [0.717, 1.165) is 18.8 Å². The number of thioether (sulfide) groups is 1. The molecule has 0 radical (unpaired) electrons. The molecule has 1 atom stereocenters. The Kier molecular flexibility index (Phi) is 7.40. The van der Waals surface area contributed by atoms with Crippen LogP contribution >= 0.6 is 23.4 Å². The fourth-order valence-corrected chi connectivity index (χ4v) is 2.57. The van der Waals surface area contributed by atoms with Gasteiger partial charge in [-0.3, -0.25) is 4.79 Å². The van der Waals surface area contributed by atoms with E-state index in [0.29, 0.717) is 18.2 Å². The highest BCUT2D eigenvalue weighted by atomic mass is 35.5. The van der Waals surface area contributed by atoms with Gasteiger partial charge in [0.15, 0.2) is 0 Å². The topological polar surface area (TPSA) is 50.2 Å². The van der Waals surface area contributed by atoms with Gasteiger partial charge in [-0.2, -0.15) is 16.9 Å². The zero-order valence-electron chi connectivity index (χ0n) is 12.5. The first kappa shape index (κ1) is 17.3. The van der Waals surface area contributed by atoms with Crippen LogP contribution in [-0.2, 0) is 6.54 Å². The lowest BCUT2D eigenvalue weighted by atomic mass is 10.2. The molecular formula is C13H23ClN4OS. The van der Waals surface area contributed by atoms with Gasteiger partial charge in [-0.1, -0.05) is 18.5 Å². The average molecular weight is 319 g/mol. The highest BCUT2D eigenvalue weighted by Gasteiger charge is 2.10. The number of likely N-dealkylation sites (N-methyl/N-ethyl adjacent to an activating group) is 1. The van der Waals surface area contributed by atoms with Crippen molar-refractivity contribution in [2.24, 2.45) is 5.92 Å². The van der Waals surface area contributed by atoms with Crippen LogP contribution < -0.4 is 10.9 Å². The van der Waals surface area contributed by atoms with Crippen LogP contribution in [0.1, 0.15) is 6.92 Å². The summed E-state index contributed by atoms with van der Waals surface area (Å²) in [6.07, 6.45) is 3.71. The fraction of sp³-hybridized carbons (Fsp3) is 0.692. The van der Waals surface area contributed by atoms with Crippen molar-refractivity contribution in [2.45, 2.75) is 13.5 Å². The van der Waals surface area contributed by atoms with Gasteiger partial charge in [-0.25, -0.2) is 4.68 Å². The van der Waals surface area contributed by atoms with Crippen molar-refractivity contribution in [1.29, 1.82) is 0 Å². The number of hydrogen-bond donors (Lipinski definition) is 1. The minimum Gasteiger partial charge on any atom is -0.382 e. The molecular weight excluding hydrogens is 296 g/mol. The number of rotatable bonds is 8. The first-order valence-electron chi connectivity index (χ1n) is 6.58. The number of hydrogen-bond acceptors (Lipinski definition) is 5. The summed E-state index contributed by atoms with van der Waals surface area (Å²) in [5, 5.41) is 7.58. The van der Waals surface area contributed by atoms with Gasteiger partial charge in [0.05, 0.1) is 18.4 Å². The van der Waals surface area contributed by atoms with Crippen molar-refractivity contribution in [3.05, 3.63) is 21.6 Å². The summed E-state index contributed by atoms with van der Waals surface area (Å²) in [6.45, 7) is 4.22. The van der Waals surface area contributed by atoms with Crippen LogP contribution in [0.5, 0.6) is 0 Å². The normalized spacial score (nSPS) is 12.7. The Balaban J connectivity index is 2.71. The third-order valence-corrected chi connectivity index (χ3v) is 4.10. The second-order valence-corrected chi connectivity index (χ2v) is 6.43. The molecule has 0 aliphatic carbocycles. The van der Waals surface area contributed by atoms with E-state index >= 15 is 0 Å². The zero-order chi connectivity index (χ0) is 15.1. The highest BCUT2D eigenvalue weighted by molar-refractivity contribution is 7.98. The summed E-state index contributed by atoms with van der Waals surface area (Å²) in [5.41, 5.74) is 0.377. The largest absolute Gasteiger partial charge is 0.382 e. The Morgan fingerprint density at radius 2 is 2.25 bits per heavy atom. The predicted molar refractivity (Wildman–Crippen MR) is 88.1 cm³/mol. The van der Waals surface area contributed by atoms with Crippen LogP contribution in [0, 0.1) is 5.92 Å². The molecule has 1 rings (SSSR count). The second kappa shape index (κ2) is 8.54. The fourth-order valence-electron chi connectivity index (χ4n) is 1.67. The number of aromatic nitrogens is 2. The van der Waals surface area contributed by atoms with Gasteiger partial charge >= 0.3 is 0 Å². The van der Waals surface area contributed by atoms with Gasteiger partial charge in [-0.15, -0.1) is 0 Å². The monoisotopic (exact) mass is 318 g/mol. The summed E-state index contributed by atoms with van der Waals surface area (Å²) in [7, 11) is 3.91. The third kappa shape index (κ3) is 5.34. The smallest absolute Gasteiger partial charge is 0.287 e. The Hall–Kier alpha value is -0.720. The zero-order valence-corrected chi connectivity index (χ0v) is 14.1. The maximum Gasteiger partial charge on any atom is 0.287 e. The number of halogens is 1. The quantitative estimate of drug-likeness (QED) is 0.793. The summed E-state index contributed by atoms with van der Waals surface area (Å²) < 4.78 is 1.40. The molecule has 1 heterocycles. The predicted octanol–water partition coefficient (Wildman–Crippen LogP) is 1.87. The SMILES string of the molecule is CSCC(C)CNc1cnn(CCN(C)C)c(=O)c1Cl. The molecule has 0 bridgehead atoms. The maximum absolute atomic E-state index is 12.1. The van der Waals surface area contributed by atoms with Crippen molar-refractivity contribution in [2.75, 3.05) is 44.5 Å². The van der Waals surface area contributed by atoms with E-state index in [1.807, 2.05) is 19.0 Å². The molecule has 0 aliphatic heterocycles. The van der Waals surface area contributed by atoms with Crippen LogP contribution in [0.25, 0.3) is 0 Å². The molecule has 7 heteroatoms. The molecule has 1 unspecified atom stereocenters. The Morgan fingerprint density at radius 3 is 2.85 bits per heavy atom. The summed E-state index contributed by atoms with van der Waals surface area (Å²) >= 11 is 7.92. The van der Waals surface area contributed by atoms with E-state index in [-0.39, 0.29) is 10.6 Å². The second-order valence-electron chi connectivity index (χ2n) is 5.15. The molecule has 0 spiro atoms. The van der Waals surface area contributed by atoms with Crippen molar-refractivity contribution in [1.82, 2.24) is 14.7 Å². The minimum atomic E-state index is -0.240. The first-order valence-corrected chi connectivity index (χ1v) is 8.36. The van der Waals surface area contributed by atoms with Crippen LogP contribution in [0.3, 0.4) is 0 Å². The van der Waals surface area contributed by atoms with E-state index in [9.17, 15) is 4.79 Å². The molecule has 5 nitrogen and oxygen atoms in total. The molecule has 0 saturated carbocycles. The van der Waals surface area contributed by atoms with Crippen molar-refractivity contribution in [3.8, 4) is 0 Å². The minimum absolute atomic E-state index is 0.218. The van der Waals surface area contributed by atoms with Crippen molar-refractivity contribution in [3.63, 3.8) is 0 Å². The number of nitrogens with zero attached hydrogens (tertiary/aromatic N) is 3. The van der Waals surface area contributed by atoms with Gasteiger partial charge in [0.25, 0.3) is 5.56 Å². The van der Waals surface area contributed by atoms with E-state index in [2.05, 4.69) is 23.6 Å². The van der Waals surface area contributed by atoms with Crippen molar-refractivity contribution >= 4 is 29.1 Å². The number of anilines is 1. The van der Waals surface area contributed by atoms with Crippen LogP contribution in [0.4, 0.5) is 5.69 Å². The molecule has 1 aromatic heterocycles. The van der Waals surface area contributed by atoms with E-state index in [4.69, 9.17) is 11.6 Å². The third-order valence-electron chi connectivity index (χ3n) is 2.84. The molecule has 0 amide bonds. The molecule has 114 valence electrons. The summed E-state index contributed by atoms with van der Waals surface area (Å²) in [6, 6.07) is 0. The van der Waals surface area contributed by atoms with Crippen LogP contribution in [-0.4, -0.2) is 53.9 Å². The molecule has 1 N–H and O–H groups in total. The van der Waals surface area contributed by atoms with Gasteiger partial charge < -0.3 is 10.2 Å². The lowest BCUT2D eigenvalue weighted by Gasteiger charge is -2.14. The van der Waals surface area contributed by atoms with E-state index in [1.165, 1.54) is 4.68 Å². The lowest BCUT2D eigenvalue weighted by molar-refractivity contribution is 0.367. The Morgan fingerprint density at radius 1 is 1.55 bits per heavy atom. The summed E-state index contributed by atoms with van der Waals surface area (Å²) in [5.74, 6) is 1.58. The summed E-state index contributed by atoms with van der Waals surface area (Å²) in [4.78, 5) is 14.1. The molecule has 0 fully saturated rings. The van der Waals surface area contributed by atoms with Crippen molar-refractivity contribution < 1.29 is 0 Å². The van der Waals surface area contributed by atoms with Crippen LogP contribution in [0.15, 0.2) is 11.0 Å². The van der Waals surface area contributed by atoms with Crippen LogP contribution in [0.2, 0.25) is 5.02 Å². The van der Waals surface area contributed by atoms with Gasteiger partial charge in [0.2, 0.25) is 0 Å². The molecule has 0 aromatic carbocycles. The standard InChI is InChI=1S/C13H23ClN4OS/c1-10(9-20-4)7-15-11-8-16-18(6-5-17(2)3)13(19)12(11)14/h8,10,15H,5-7,9H2,1-4H3. The molecule has 20 heavy (non-hydrogen) atoms. The average Bonchev–Trinajstić information content (AvgIpc) is 2.39. The Labute approximate surface area is 129 Å². The maximum atomic E-state index is 12.1.